The summed E-state index contributed by atoms with van der Waals surface area (Å²) in [6.45, 7) is 2.87. The molecule has 6 heteroatoms. The van der Waals surface area contributed by atoms with Gasteiger partial charge < -0.3 is 14.5 Å². The monoisotopic (exact) mass is 354 g/mol. The number of benzene rings is 1. The first kappa shape index (κ1) is 17.2. The first-order valence-corrected chi connectivity index (χ1v) is 9.32. The van der Waals surface area contributed by atoms with Gasteiger partial charge in [-0.2, -0.15) is 5.10 Å². The molecule has 1 amide bonds. The molecule has 1 aromatic carbocycles. The molecule has 2 aliphatic rings. The fourth-order valence-electron chi connectivity index (χ4n) is 3.99. The average molecular weight is 354 g/mol. The number of fused-ring (bicyclic) bond motifs is 1. The summed E-state index contributed by atoms with van der Waals surface area (Å²) in [4.78, 5) is 17.3. The third-order valence-electron chi connectivity index (χ3n) is 5.28. The Labute approximate surface area is 154 Å². The summed E-state index contributed by atoms with van der Waals surface area (Å²) >= 11 is 0. The zero-order chi connectivity index (χ0) is 18.1. The largest absolute Gasteiger partial charge is 0.376 e. The maximum atomic E-state index is 13.2. The van der Waals surface area contributed by atoms with Gasteiger partial charge in [0.15, 0.2) is 5.69 Å². The van der Waals surface area contributed by atoms with E-state index in [1.807, 2.05) is 4.90 Å². The summed E-state index contributed by atoms with van der Waals surface area (Å²) in [7, 11) is 4.14. The van der Waals surface area contributed by atoms with Crippen molar-refractivity contribution in [1.82, 2.24) is 20.0 Å². The molecule has 6 nitrogen and oxygen atoms in total. The normalized spacial score (nSPS) is 19.8. The van der Waals surface area contributed by atoms with E-state index >= 15 is 0 Å². The summed E-state index contributed by atoms with van der Waals surface area (Å²) < 4.78 is 5.53. The van der Waals surface area contributed by atoms with Crippen molar-refractivity contribution < 1.29 is 9.53 Å². The van der Waals surface area contributed by atoms with Crippen molar-refractivity contribution in [2.45, 2.75) is 38.5 Å². The first-order chi connectivity index (χ1) is 12.6. The summed E-state index contributed by atoms with van der Waals surface area (Å²) in [5.41, 5.74) is 5.01. The molecule has 0 aliphatic carbocycles. The molecule has 1 aromatic heterocycles. The Bertz CT molecular complexity index is 782. The lowest BCUT2D eigenvalue weighted by molar-refractivity contribution is 0.0716. The second-order valence-corrected chi connectivity index (χ2v) is 7.47. The summed E-state index contributed by atoms with van der Waals surface area (Å²) in [6, 6.07) is 8.80. The van der Waals surface area contributed by atoms with Crippen molar-refractivity contribution in [1.29, 1.82) is 0 Å². The van der Waals surface area contributed by atoms with Crippen LogP contribution in [-0.2, 0) is 24.3 Å². The Morgan fingerprint density at radius 2 is 2.15 bits per heavy atom. The molecule has 0 radical (unpaired) electrons. The van der Waals surface area contributed by atoms with E-state index in [2.05, 4.69) is 53.5 Å². The maximum Gasteiger partial charge on any atom is 0.275 e. The molecule has 0 unspecified atom stereocenters. The van der Waals surface area contributed by atoms with Gasteiger partial charge in [-0.05, 0) is 38.1 Å². The fourth-order valence-corrected chi connectivity index (χ4v) is 3.99. The molecule has 1 fully saturated rings. The van der Waals surface area contributed by atoms with Crippen molar-refractivity contribution in [3.63, 3.8) is 0 Å². The van der Waals surface area contributed by atoms with Gasteiger partial charge in [-0.1, -0.05) is 24.3 Å². The van der Waals surface area contributed by atoms with Crippen LogP contribution in [0.2, 0.25) is 0 Å². The Kier molecular flexibility index (Phi) is 4.78. The number of nitrogens with zero attached hydrogens (tertiary/aromatic N) is 3. The zero-order valence-corrected chi connectivity index (χ0v) is 15.5. The Morgan fingerprint density at radius 3 is 2.92 bits per heavy atom. The van der Waals surface area contributed by atoms with Gasteiger partial charge in [-0.3, -0.25) is 9.89 Å². The van der Waals surface area contributed by atoms with E-state index < -0.39 is 0 Å². The van der Waals surface area contributed by atoms with Crippen LogP contribution in [0.4, 0.5) is 0 Å². The Hall–Kier alpha value is -2.18. The maximum absolute atomic E-state index is 13.2. The minimum absolute atomic E-state index is 0.0212. The second-order valence-electron chi connectivity index (χ2n) is 7.47. The van der Waals surface area contributed by atoms with Crippen molar-refractivity contribution in [3.05, 3.63) is 52.3 Å². The van der Waals surface area contributed by atoms with Crippen LogP contribution >= 0.6 is 0 Å². The number of aromatic amines is 1. The van der Waals surface area contributed by atoms with E-state index in [1.54, 1.807) is 0 Å². The minimum Gasteiger partial charge on any atom is -0.376 e. The van der Waals surface area contributed by atoms with Crippen molar-refractivity contribution in [2.75, 3.05) is 27.2 Å². The van der Waals surface area contributed by atoms with Gasteiger partial charge in [0.1, 0.15) is 0 Å². The molecule has 4 rings (SSSR count). The van der Waals surface area contributed by atoms with Crippen LogP contribution in [0.25, 0.3) is 0 Å². The van der Waals surface area contributed by atoms with Gasteiger partial charge in [0.25, 0.3) is 5.91 Å². The average Bonchev–Trinajstić information content (AvgIpc) is 3.28. The van der Waals surface area contributed by atoms with Crippen molar-refractivity contribution in [2.24, 2.45) is 0 Å². The highest BCUT2D eigenvalue weighted by molar-refractivity contribution is 5.94. The van der Waals surface area contributed by atoms with E-state index in [9.17, 15) is 4.79 Å². The smallest absolute Gasteiger partial charge is 0.275 e. The molecule has 0 bridgehead atoms. The molecular formula is C20H26N4O2. The highest BCUT2D eigenvalue weighted by Crippen LogP contribution is 2.34. The molecule has 2 aliphatic heterocycles. The van der Waals surface area contributed by atoms with E-state index in [4.69, 9.17) is 4.74 Å². The van der Waals surface area contributed by atoms with Gasteiger partial charge in [0, 0.05) is 30.8 Å². The third-order valence-corrected chi connectivity index (χ3v) is 5.28. The number of rotatable bonds is 4. The molecule has 138 valence electrons. The molecule has 2 aromatic rings. The number of aromatic nitrogens is 2. The zero-order valence-electron chi connectivity index (χ0n) is 15.5. The van der Waals surface area contributed by atoms with E-state index in [-0.39, 0.29) is 11.9 Å². The number of nitrogens with one attached hydrogen (secondary N) is 1. The van der Waals surface area contributed by atoms with Gasteiger partial charge in [0.2, 0.25) is 0 Å². The quantitative estimate of drug-likeness (QED) is 0.916. The second kappa shape index (κ2) is 7.21. The van der Waals surface area contributed by atoms with Crippen LogP contribution in [0.5, 0.6) is 0 Å². The summed E-state index contributed by atoms with van der Waals surface area (Å²) in [6.07, 6.45) is 2.83. The molecule has 1 atom stereocenters. The highest BCUT2D eigenvalue weighted by atomic mass is 16.5. The van der Waals surface area contributed by atoms with Gasteiger partial charge in [-0.25, -0.2) is 0 Å². The van der Waals surface area contributed by atoms with Crippen LogP contribution in [0.1, 0.15) is 51.8 Å². The van der Waals surface area contributed by atoms with Crippen molar-refractivity contribution >= 4 is 5.91 Å². The van der Waals surface area contributed by atoms with Crippen LogP contribution < -0.4 is 0 Å². The lowest BCUT2D eigenvalue weighted by Gasteiger charge is -2.25. The standard InChI is InChI=1S/C20H26N4O2/c1-23(2)12-14-5-7-15(8-6-14)18-4-3-10-24(18)20(25)19-16-13-26-11-9-17(16)21-22-19/h5-8,18H,3-4,9-13H2,1-2H3,(H,21,22)/t18-/m0/s1. The predicted molar refractivity (Wildman–Crippen MR) is 98.8 cm³/mol. The van der Waals surface area contributed by atoms with Crippen LogP contribution in [0.3, 0.4) is 0 Å². The van der Waals surface area contributed by atoms with Gasteiger partial charge >= 0.3 is 0 Å². The highest BCUT2D eigenvalue weighted by Gasteiger charge is 2.34. The number of carbonyl (C=O) groups is 1. The molecule has 1 saturated heterocycles. The number of likely N-dealkylation sites (tertiary alicyclic amines) is 1. The third kappa shape index (κ3) is 3.27. The number of hydrogen-bond donors (Lipinski definition) is 1. The predicted octanol–water partition coefficient (Wildman–Crippen LogP) is 2.52. The number of hydrogen-bond acceptors (Lipinski definition) is 4. The SMILES string of the molecule is CN(C)Cc1ccc([C@@H]2CCCN2C(=O)c2n[nH]c3c2COCC3)cc1. The van der Waals surface area contributed by atoms with Crippen LogP contribution in [0, 0.1) is 0 Å². The first-order valence-electron chi connectivity index (χ1n) is 9.32. The van der Waals surface area contributed by atoms with Crippen LogP contribution in [-0.4, -0.2) is 53.2 Å². The molecule has 26 heavy (non-hydrogen) atoms. The minimum atomic E-state index is 0.0212. The van der Waals surface area contributed by atoms with Crippen LogP contribution in [0.15, 0.2) is 24.3 Å². The van der Waals surface area contributed by atoms with E-state index in [0.29, 0.717) is 18.9 Å². The summed E-state index contributed by atoms with van der Waals surface area (Å²) in [5.74, 6) is 0.0212. The van der Waals surface area contributed by atoms with Crippen molar-refractivity contribution in [3.8, 4) is 0 Å². The summed E-state index contributed by atoms with van der Waals surface area (Å²) in [5, 5.41) is 7.34. The molecule has 3 heterocycles. The number of carbonyl (C=O) groups excluding carboxylic acids is 1. The van der Waals surface area contributed by atoms with Gasteiger partial charge in [0.05, 0.1) is 19.3 Å². The Morgan fingerprint density at radius 1 is 1.35 bits per heavy atom. The molecule has 0 spiro atoms. The fraction of sp³-hybridized carbons (Fsp3) is 0.500. The molecule has 0 saturated carbocycles. The topological polar surface area (TPSA) is 61.5 Å². The number of ether oxygens (including phenoxy) is 1. The van der Waals surface area contributed by atoms with E-state index in [0.717, 1.165) is 43.6 Å². The Balaban J connectivity index is 1.55. The molecular weight excluding hydrogens is 328 g/mol. The number of H-pyrrole nitrogens is 1. The van der Waals surface area contributed by atoms with E-state index in [1.165, 1.54) is 11.1 Å². The van der Waals surface area contributed by atoms with Gasteiger partial charge in [-0.15, -0.1) is 0 Å². The number of amides is 1. The molecule has 1 N–H and O–H groups in total. The lowest BCUT2D eigenvalue weighted by Crippen LogP contribution is -2.31. The lowest BCUT2D eigenvalue weighted by atomic mass is 10.0.